The highest BCUT2D eigenvalue weighted by Crippen LogP contribution is 2.27. The lowest BCUT2D eigenvalue weighted by Crippen LogP contribution is -2.20. The van der Waals surface area contributed by atoms with Crippen LogP contribution in [0.5, 0.6) is 11.5 Å². The highest BCUT2D eigenvalue weighted by Gasteiger charge is 2.09. The fraction of sp³-hybridized carbons (Fsp3) is 0.0476. The van der Waals surface area contributed by atoms with Gasteiger partial charge in [0.25, 0.3) is 5.91 Å². The Kier molecular flexibility index (Phi) is 6.24. The Balaban J connectivity index is 1.60. The number of phenolic OH excluding ortho intramolecular Hbond substituents is 1. The summed E-state index contributed by atoms with van der Waals surface area (Å²) >= 11 is 6.18. The number of benzene rings is 3. The molecular formula is C21H16ClFN2O3. The molecule has 0 aromatic heterocycles. The minimum absolute atomic E-state index is 0.0747. The Morgan fingerprint density at radius 3 is 2.64 bits per heavy atom. The monoisotopic (exact) mass is 398 g/mol. The zero-order chi connectivity index (χ0) is 19.9. The predicted octanol–water partition coefficient (Wildman–Crippen LogP) is 4.95. The van der Waals surface area contributed by atoms with E-state index in [1.54, 1.807) is 54.7 Å². The average Bonchev–Trinajstić information content (AvgIpc) is 2.68. The van der Waals surface area contributed by atoms with Crippen molar-refractivity contribution < 1.29 is 19.0 Å². The molecule has 0 fully saturated rings. The van der Waals surface area contributed by atoms with Gasteiger partial charge in [0.2, 0.25) is 0 Å². The second kappa shape index (κ2) is 9.01. The summed E-state index contributed by atoms with van der Waals surface area (Å²) in [6.07, 6.45) is 1.55. The number of ether oxygens (including phenoxy) is 1. The van der Waals surface area contributed by atoms with Crippen LogP contribution < -0.4 is 10.1 Å². The molecule has 3 aromatic carbocycles. The largest absolute Gasteiger partial charge is 0.506 e. The van der Waals surface area contributed by atoms with Gasteiger partial charge in [0.15, 0.2) is 6.61 Å². The van der Waals surface area contributed by atoms with Crippen molar-refractivity contribution >= 4 is 35.1 Å². The topological polar surface area (TPSA) is 70.9 Å². The van der Waals surface area contributed by atoms with Crippen LogP contribution in [0, 0.1) is 5.82 Å². The van der Waals surface area contributed by atoms with Crippen LogP contribution in [0.25, 0.3) is 0 Å². The summed E-state index contributed by atoms with van der Waals surface area (Å²) in [7, 11) is 0. The molecule has 0 atom stereocenters. The summed E-state index contributed by atoms with van der Waals surface area (Å²) in [5, 5.41) is 12.4. The highest BCUT2D eigenvalue weighted by atomic mass is 35.5. The van der Waals surface area contributed by atoms with Crippen molar-refractivity contribution in [2.75, 3.05) is 11.9 Å². The van der Waals surface area contributed by atoms with E-state index in [1.807, 2.05) is 0 Å². The molecule has 7 heteroatoms. The Morgan fingerprint density at radius 2 is 1.89 bits per heavy atom. The van der Waals surface area contributed by atoms with Crippen LogP contribution in [0.3, 0.4) is 0 Å². The number of amides is 1. The molecule has 0 aliphatic heterocycles. The molecule has 0 spiro atoms. The van der Waals surface area contributed by atoms with Gasteiger partial charge in [0.1, 0.15) is 23.0 Å². The maximum Gasteiger partial charge on any atom is 0.262 e. The van der Waals surface area contributed by atoms with Crippen LogP contribution in [0.1, 0.15) is 5.56 Å². The van der Waals surface area contributed by atoms with Crippen LogP contribution in [0.15, 0.2) is 71.7 Å². The number of carbonyl (C=O) groups is 1. The van der Waals surface area contributed by atoms with Gasteiger partial charge in [-0.15, -0.1) is 0 Å². The normalized spacial score (nSPS) is 10.8. The summed E-state index contributed by atoms with van der Waals surface area (Å²) in [5.74, 6) is -0.649. The Morgan fingerprint density at radius 1 is 1.14 bits per heavy atom. The summed E-state index contributed by atoms with van der Waals surface area (Å²) < 4.78 is 18.9. The van der Waals surface area contributed by atoms with Crippen molar-refractivity contribution in [1.29, 1.82) is 0 Å². The maximum absolute atomic E-state index is 13.5. The molecule has 3 aromatic rings. The van der Waals surface area contributed by atoms with Crippen molar-refractivity contribution in [2.24, 2.45) is 4.99 Å². The highest BCUT2D eigenvalue weighted by molar-refractivity contribution is 6.32. The number of para-hydroxylation sites is 3. The van der Waals surface area contributed by atoms with Gasteiger partial charge in [-0.1, -0.05) is 35.9 Å². The molecule has 0 heterocycles. The van der Waals surface area contributed by atoms with Crippen molar-refractivity contribution in [3.63, 3.8) is 0 Å². The Bertz CT molecular complexity index is 1020. The summed E-state index contributed by atoms with van der Waals surface area (Å²) in [6, 6.07) is 17.5. The molecule has 0 aliphatic rings. The van der Waals surface area contributed by atoms with Gasteiger partial charge in [-0.2, -0.15) is 0 Å². The van der Waals surface area contributed by atoms with Gasteiger partial charge in [-0.25, -0.2) is 4.39 Å². The number of hydrogen-bond donors (Lipinski definition) is 2. The van der Waals surface area contributed by atoms with E-state index in [0.29, 0.717) is 22.0 Å². The first kappa shape index (κ1) is 19.4. The summed E-state index contributed by atoms with van der Waals surface area (Å²) in [6.45, 7) is -0.320. The average molecular weight is 399 g/mol. The van der Waals surface area contributed by atoms with Gasteiger partial charge >= 0.3 is 0 Å². The van der Waals surface area contributed by atoms with Crippen LogP contribution in [0.2, 0.25) is 5.02 Å². The van der Waals surface area contributed by atoms with Crippen molar-refractivity contribution in [1.82, 2.24) is 0 Å². The minimum Gasteiger partial charge on any atom is -0.506 e. The molecule has 0 bridgehead atoms. The number of aromatic hydroxyl groups is 1. The molecule has 0 saturated carbocycles. The first-order valence-corrected chi connectivity index (χ1v) is 8.69. The van der Waals surface area contributed by atoms with Gasteiger partial charge in [-0.3, -0.25) is 9.79 Å². The number of hydrogen-bond acceptors (Lipinski definition) is 4. The van der Waals surface area contributed by atoms with E-state index < -0.39 is 11.7 Å². The number of aliphatic imine (C=N–C) groups is 1. The lowest BCUT2D eigenvalue weighted by molar-refractivity contribution is -0.118. The van der Waals surface area contributed by atoms with E-state index in [9.17, 15) is 14.3 Å². The number of carbonyl (C=O) groups excluding carboxylic acids is 1. The van der Waals surface area contributed by atoms with Crippen LogP contribution >= 0.6 is 11.6 Å². The predicted molar refractivity (Wildman–Crippen MR) is 107 cm³/mol. The molecule has 5 nitrogen and oxygen atoms in total. The fourth-order valence-electron chi connectivity index (χ4n) is 2.32. The van der Waals surface area contributed by atoms with Crippen LogP contribution in [-0.4, -0.2) is 23.8 Å². The Hall–Kier alpha value is -3.38. The van der Waals surface area contributed by atoms with Crippen molar-refractivity contribution in [3.8, 4) is 11.5 Å². The minimum atomic E-state index is -0.526. The van der Waals surface area contributed by atoms with E-state index in [4.69, 9.17) is 16.3 Å². The molecule has 2 N–H and O–H groups in total. The maximum atomic E-state index is 13.5. The van der Waals surface area contributed by atoms with E-state index in [1.165, 1.54) is 18.2 Å². The second-order valence-electron chi connectivity index (χ2n) is 5.75. The first-order chi connectivity index (χ1) is 13.5. The third-order valence-corrected chi connectivity index (χ3v) is 3.99. The first-order valence-electron chi connectivity index (χ1n) is 8.32. The van der Waals surface area contributed by atoms with E-state index in [-0.39, 0.29) is 18.0 Å². The second-order valence-corrected chi connectivity index (χ2v) is 6.16. The van der Waals surface area contributed by atoms with Crippen LogP contribution in [0.4, 0.5) is 15.8 Å². The third-order valence-electron chi connectivity index (χ3n) is 3.70. The van der Waals surface area contributed by atoms with Gasteiger partial charge in [0.05, 0.1) is 10.7 Å². The quantitative estimate of drug-likeness (QED) is 0.577. The molecular weight excluding hydrogens is 383 g/mol. The van der Waals surface area contributed by atoms with Crippen molar-refractivity contribution in [3.05, 3.63) is 83.1 Å². The smallest absolute Gasteiger partial charge is 0.262 e. The number of anilines is 1. The summed E-state index contributed by atoms with van der Waals surface area (Å²) in [4.78, 5) is 16.1. The van der Waals surface area contributed by atoms with Crippen LogP contribution in [-0.2, 0) is 4.79 Å². The third kappa shape index (κ3) is 5.08. The van der Waals surface area contributed by atoms with E-state index >= 15 is 0 Å². The molecule has 0 saturated heterocycles. The molecule has 0 aliphatic carbocycles. The lowest BCUT2D eigenvalue weighted by Gasteiger charge is -2.09. The number of halogens is 2. The van der Waals surface area contributed by atoms with Gasteiger partial charge < -0.3 is 15.2 Å². The zero-order valence-corrected chi connectivity index (χ0v) is 15.4. The van der Waals surface area contributed by atoms with Gasteiger partial charge in [-0.05, 0) is 48.0 Å². The number of nitrogens with zero attached hydrogens (tertiary/aromatic N) is 1. The molecule has 0 radical (unpaired) electrons. The molecule has 142 valence electrons. The lowest BCUT2D eigenvalue weighted by atomic mass is 10.2. The zero-order valence-electron chi connectivity index (χ0n) is 14.6. The molecule has 3 rings (SSSR count). The molecule has 1 amide bonds. The van der Waals surface area contributed by atoms with E-state index in [0.717, 1.165) is 0 Å². The SMILES string of the molecule is O=C(COc1ccc(C=Nc2ccccc2O)cc1Cl)Nc1ccccc1F. The standard InChI is InChI=1S/C21H16ClFN2O3/c22-15-11-14(12-24-18-7-3-4-8-19(18)26)9-10-20(15)28-13-21(27)25-17-6-2-1-5-16(17)23/h1-12,26H,13H2,(H,25,27). The molecule has 28 heavy (non-hydrogen) atoms. The van der Waals surface area contributed by atoms with Gasteiger partial charge in [0, 0.05) is 6.21 Å². The van der Waals surface area contributed by atoms with Crippen molar-refractivity contribution in [2.45, 2.75) is 0 Å². The molecule has 0 unspecified atom stereocenters. The Labute approximate surface area is 166 Å². The summed E-state index contributed by atoms with van der Waals surface area (Å²) in [5.41, 5.74) is 1.21. The fourth-order valence-corrected chi connectivity index (χ4v) is 2.57. The number of rotatable bonds is 6. The number of nitrogens with one attached hydrogen (secondary N) is 1. The van der Waals surface area contributed by atoms with E-state index in [2.05, 4.69) is 10.3 Å². The number of phenols is 1.